The molecule has 2 N–H and O–H groups in total. The van der Waals surface area contributed by atoms with E-state index in [9.17, 15) is 9.18 Å². The molecule has 0 aliphatic carbocycles. The number of aliphatic hydroxyl groups excluding tert-OH is 1. The molecule has 0 saturated carbocycles. The summed E-state index contributed by atoms with van der Waals surface area (Å²) in [5.41, 5.74) is 1.59. The van der Waals surface area contributed by atoms with Crippen molar-refractivity contribution in [2.45, 2.75) is 13.0 Å². The van der Waals surface area contributed by atoms with E-state index in [1.165, 1.54) is 12.1 Å². The molecule has 1 amide bonds. The predicted octanol–water partition coefficient (Wildman–Crippen LogP) is 3.11. The Kier molecular flexibility index (Phi) is 5.29. The third-order valence-corrected chi connectivity index (χ3v) is 2.89. The van der Waals surface area contributed by atoms with Crippen LogP contribution in [-0.4, -0.2) is 17.8 Å². The molecule has 0 aliphatic heterocycles. The number of nitrogens with one attached hydrogen (secondary N) is 1. The van der Waals surface area contributed by atoms with Crippen LogP contribution in [0, 0.1) is 5.82 Å². The van der Waals surface area contributed by atoms with E-state index in [1.807, 2.05) is 30.3 Å². The number of hydrogen-bond donors (Lipinski definition) is 2. The van der Waals surface area contributed by atoms with E-state index in [2.05, 4.69) is 5.32 Å². The summed E-state index contributed by atoms with van der Waals surface area (Å²) in [5.74, 6) is -0.468. The summed E-state index contributed by atoms with van der Waals surface area (Å²) in [6.07, 6.45) is -0.405. The Bertz CT molecular complexity index is 602. The standard InChI is InChI=1S/C16H16FNO3/c17-15-10-14(7-6-13(15)8-9-19)18-16(20)21-11-12-4-2-1-3-5-12/h1-7,10,19H,8-9,11H2,(H,18,20). The van der Waals surface area contributed by atoms with Gasteiger partial charge in [0.25, 0.3) is 0 Å². The van der Waals surface area contributed by atoms with E-state index in [-0.39, 0.29) is 19.6 Å². The van der Waals surface area contributed by atoms with Crippen LogP contribution in [0.4, 0.5) is 14.9 Å². The zero-order valence-corrected chi connectivity index (χ0v) is 11.4. The molecule has 0 fully saturated rings. The fraction of sp³-hybridized carbons (Fsp3) is 0.188. The van der Waals surface area contributed by atoms with E-state index in [0.717, 1.165) is 5.56 Å². The molecule has 110 valence electrons. The molecule has 5 heteroatoms. The van der Waals surface area contributed by atoms with Crippen LogP contribution in [-0.2, 0) is 17.8 Å². The number of carbonyl (C=O) groups excluding carboxylic acids is 1. The monoisotopic (exact) mass is 289 g/mol. The zero-order chi connectivity index (χ0) is 15.1. The summed E-state index contributed by atoms with van der Waals surface area (Å²) < 4.78 is 18.7. The second-order valence-electron chi connectivity index (χ2n) is 4.47. The van der Waals surface area contributed by atoms with Crippen LogP contribution in [0.15, 0.2) is 48.5 Å². The van der Waals surface area contributed by atoms with Crippen molar-refractivity contribution in [1.29, 1.82) is 0 Å². The van der Waals surface area contributed by atoms with Crippen molar-refractivity contribution in [2.24, 2.45) is 0 Å². The molecular weight excluding hydrogens is 273 g/mol. The van der Waals surface area contributed by atoms with Crippen LogP contribution < -0.4 is 5.32 Å². The van der Waals surface area contributed by atoms with Gasteiger partial charge in [0.05, 0.1) is 0 Å². The van der Waals surface area contributed by atoms with Gasteiger partial charge in [-0.25, -0.2) is 9.18 Å². The van der Waals surface area contributed by atoms with Crippen LogP contribution in [0.2, 0.25) is 0 Å². The number of halogens is 1. The predicted molar refractivity (Wildman–Crippen MR) is 77.4 cm³/mol. The van der Waals surface area contributed by atoms with Gasteiger partial charge in [-0.3, -0.25) is 5.32 Å². The topological polar surface area (TPSA) is 58.6 Å². The van der Waals surface area contributed by atoms with Crippen LogP contribution in [0.5, 0.6) is 0 Å². The van der Waals surface area contributed by atoms with E-state index >= 15 is 0 Å². The second-order valence-corrected chi connectivity index (χ2v) is 4.47. The van der Waals surface area contributed by atoms with E-state index in [0.29, 0.717) is 11.3 Å². The molecule has 0 radical (unpaired) electrons. The first-order chi connectivity index (χ1) is 10.2. The summed E-state index contributed by atoms with van der Waals surface area (Å²) in [5, 5.41) is 11.2. The first-order valence-corrected chi connectivity index (χ1v) is 6.56. The Balaban J connectivity index is 1.89. The third-order valence-electron chi connectivity index (χ3n) is 2.89. The molecule has 4 nitrogen and oxygen atoms in total. The molecule has 2 aromatic rings. The van der Waals surface area contributed by atoms with Crippen molar-refractivity contribution in [3.8, 4) is 0 Å². The summed E-state index contributed by atoms with van der Waals surface area (Å²) >= 11 is 0. The molecule has 0 aromatic heterocycles. The van der Waals surface area contributed by atoms with Crippen molar-refractivity contribution in [2.75, 3.05) is 11.9 Å². The number of carbonyl (C=O) groups is 1. The largest absolute Gasteiger partial charge is 0.444 e. The van der Waals surface area contributed by atoms with Crippen molar-refractivity contribution < 1.29 is 19.0 Å². The SMILES string of the molecule is O=C(Nc1ccc(CCO)c(F)c1)OCc1ccccc1. The summed E-state index contributed by atoms with van der Waals surface area (Å²) in [6, 6.07) is 13.6. The smallest absolute Gasteiger partial charge is 0.411 e. The lowest BCUT2D eigenvalue weighted by Crippen LogP contribution is -2.13. The molecular formula is C16H16FNO3. The highest BCUT2D eigenvalue weighted by Gasteiger charge is 2.07. The molecule has 0 aliphatic rings. The van der Waals surface area contributed by atoms with E-state index in [1.54, 1.807) is 6.07 Å². The van der Waals surface area contributed by atoms with Gasteiger partial charge in [-0.2, -0.15) is 0 Å². The number of benzene rings is 2. The fourth-order valence-electron chi connectivity index (χ4n) is 1.83. The molecule has 0 atom stereocenters. The number of aliphatic hydroxyl groups is 1. The molecule has 0 saturated heterocycles. The minimum Gasteiger partial charge on any atom is -0.444 e. The van der Waals surface area contributed by atoms with Gasteiger partial charge in [0, 0.05) is 12.3 Å². The van der Waals surface area contributed by atoms with Crippen molar-refractivity contribution in [3.63, 3.8) is 0 Å². The average Bonchev–Trinajstić information content (AvgIpc) is 2.49. The average molecular weight is 289 g/mol. The first-order valence-electron chi connectivity index (χ1n) is 6.56. The highest BCUT2D eigenvalue weighted by atomic mass is 19.1. The van der Waals surface area contributed by atoms with Crippen LogP contribution in [0.25, 0.3) is 0 Å². The van der Waals surface area contributed by atoms with Crippen LogP contribution >= 0.6 is 0 Å². The van der Waals surface area contributed by atoms with Crippen molar-refractivity contribution >= 4 is 11.8 Å². The van der Waals surface area contributed by atoms with Gasteiger partial charge in [-0.05, 0) is 29.7 Å². The Hall–Kier alpha value is -2.40. The molecule has 0 bridgehead atoms. The van der Waals surface area contributed by atoms with Crippen LogP contribution in [0.1, 0.15) is 11.1 Å². The fourth-order valence-corrected chi connectivity index (χ4v) is 1.83. The van der Waals surface area contributed by atoms with Gasteiger partial charge in [-0.15, -0.1) is 0 Å². The third kappa shape index (κ3) is 4.57. The molecule has 0 unspecified atom stereocenters. The van der Waals surface area contributed by atoms with Gasteiger partial charge >= 0.3 is 6.09 Å². The lowest BCUT2D eigenvalue weighted by atomic mass is 10.1. The molecule has 21 heavy (non-hydrogen) atoms. The Morgan fingerprint density at radius 2 is 1.95 bits per heavy atom. The van der Waals surface area contributed by atoms with Gasteiger partial charge in [0.15, 0.2) is 0 Å². The zero-order valence-electron chi connectivity index (χ0n) is 11.4. The maximum Gasteiger partial charge on any atom is 0.411 e. The number of amides is 1. The van der Waals surface area contributed by atoms with Gasteiger partial charge in [-0.1, -0.05) is 36.4 Å². The molecule has 0 spiro atoms. The number of anilines is 1. The molecule has 2 rings (SSSR count). The van der Waals surface area contributed by atoms with E-state index in [4.69, 9.17) is 9.84 Å². The van der Waals surface area contributed by atoms with Crippen molar-refractivity contribution in [1.82, 2.24) is 0 Å². The Labute approximate surface area is 122 Å². The number of ether oxygens (including phenoxy) is 1. The minimum atomic E-state index is -0.645. The quantitative estimate of drug-likeness (QED) is 0.889. The Morgan fingerprint density at radius 1 is 1.19 bits per heavy atom. The van der Waals surface area contributed by atoms with Gasteiger partial charge in [0.1, 0.15) is 12.4 Å². The number of hydrogen-bond acceptors (Lipinski definition) is 3. The highest BCUT2D eigenvalue weighted by molar-refractivity contribution is 5.84. The normalized spacial score (nSPS) is 10.2. The highest BCUT2D eigenvalue weighted by Crippen LogP contribution is 2.15. The summed E-state index contributed by atoms with van der Waals surface area (Å²) in [7, 11) is 0. The minimum absolute atomic E-state index is 0.122. The lowest BCUT2D eigenvalue weighted by molar-refractivity contribution is 0.155. The molecule has 0 heterocycles. The Morgan fingerprint density at radius 3 is 2.62 bits per heavy atom. The lowest BCUT2D eigenvalue weighted by Gasteiger charge is -2.08. The first kappa shape index (κ1) is 15.0. The van der Waals surface area contributed by atoms with Crippen molar-refractivity contribution in [3.05, 3.63) is 65.5 Å². The van der Waals surface area contributed by atoms with Crippen LogP contribution in [0.3, 0.4) is 0 Å². The van der Waals surface area contributed by atoms with E-state index < -0.39 is 11.9 Å². The summed E-state index contributed by atoms with van der Waals surface area (Å²) in [6.45, 7) is 0.0283. The van der Waals surface area contributed by atoms with Gasteiger partial charge < -0.3 is 9.84 Å². The maximum absolute atomic E-state index is 13.6. The van der Waals surface area contributed by atoms with Gasteiger partial charge in [0.2, 0.25) is 0 Å². The number of rotatable bonds is 5. The second kappa shape index (κ2) is 7.40. The molecule has 2 aromatic carbocycles. The maximum atomic E-state index is 13.6. The summed E-state index contributed by atoms with van der Waals surface area (Å²) in [4.78, 5) is 11.6.